The summed E-state index contributed by atoms with van der Waals surface area (Å²) < 4.78 is 11.5. The molecule has 208 valence electrons. The van der Waals surface area contributed by atoms with Gasteiger partial charge in [-0.1, -0.05) is 74.1 Å². The van der Waals surface area contributed by atoms with E-state index in [4.69, 9.17) is 9.47 Å². The van der Waals surface area contributed by atoms with E-state index in [-0.39, 0.29) is 24.9 Å². The Kier molecular flexibility index (Phi) is 8.27. The third kappa shape index (κ3) is 6.84. The zero-order chi connectivity index (χ0) is 29.2. The third-order valence-corrected chi connectivity index (χ3v) is 7.67. The molecule has 5 nitrogen and oxygen atoms in total. The SMILES string of the molecule is Cc1c(CC(=O)OC(C)(C)C)cc(C#C[Si](C)(C)C)cc1N(C)C(=O)OCC1c2ccccc2-c2ccccc21. The van der Waals surface area contributed by atoms with Crippen molar-refractivity contribution in [2.75, 3.05) is 18.6 Å². The molecule has 1 aliphatic carbocycles. The molecule has 0 atom stereocenters. The summed E-state index contributed by atoms with van der Waals surface area (Å²) in [6.07, 6.45) is -0.361. The fraction of sp³-hybridized carbons (Fsp3) is 0.353. The lowest BCUT2D eigenvalue weighted by Gasteiger charge is -2.24. The highest BCUT2D eigenvalue weighted by atomic mass is 28.3. The van der Waals surface area contributed by atoms with Crippen LogP contribution in [0.3, 0.4) is 0 Å². The molecule has 0 saturated carbocycles. The standard InChI is InChI=1S/C34H39NO4Si/c1-23-25(21-32(36)39-34(2,3)4)19-24(17-18-40(6,7)8)20-31(23)35(5)33(37)38-22-30-28-15-11-9-13-26(28)27-14-10-12-16-29(27)30/h9-16,19-20,30H,21-22H2,1-8H3. The summed E-state index contributed by atoms with van der Waals surface area (Å²) in [5.74, 6) is 2.94. The van der Waals surface area contributed by atoms with Crippen LogP contribution in [-0.2, 0) is 20.7 Å². The molecule has 0 aliphatic heterocycles. The van der Waals surface area contributed by atoms with Crippen molar-refractivity contribution in [2.45, 2.75) is 65.3 Å². The Bertz CT molecular complexity index is 1460. The highest BCUT2D eigenvalue weighted by Crippen LogP contribution is 2.44. The van der Waals surface area contributed by atoms with Gasteiger partial charge in [0.05, 0.1) is 12.1 Å². The van der Waals surface area contributed by atoms with Crippen LogP contribution in [0.15, 0.2) is 60.7 Å². The highest BCUT2D eigenvalue weighted by molar-refractivity contribution is 6.83. The number of carbonyl (C=O) groups is 2. The van der Waals surface area contributed by atoms with E-state index in [1.165, 1.54) is 27.2 Å². The van der Waals surface area contributed by atoms with Gasteiger partial charge in [0, 0.05) is 18.5 Å². The fourth-order valence-corrected chi connectivity index (χ4v) is 5.46. The summed E-state index contributed by atoms with van der Waals surface area (Å²) in [4.78, 5) is 27.6. The van der Waals surface area contributed by atoms with Gasteiger partial charge in [0.15, 0.2) is 0 Å². The van der Waals surface area contributed by atoms with Gasteiger partial charge in [-0.05, 0) is 73.2 Å². The van der Waals surface area contributed by atoms with Crippen LogP contribution in [0.5, 0.6) is 0 Å². The van der Waals surface area contributed by atoms with E-state index < -0.39 is 19.8 Å². The summed E-state index contributed by atoms with van der Waals surface area (Å²) in [6.45, 7) is 14.2. The smallest absolute Gasteiger partial charge is 0.414 e. The molecule has 0 N–H and O–H groups in total. The fourth-order valence-electron chi connectivity index (χ4n) is 4.94. The molecule has 4 rings (SSSR count). The zero-order valence-corrected chi connectivity index (χ0v) is 25.8. The minimum absolute atomic E-state index is 0.0254. The molecule has 0 aromatic heterocycles. The van der Waals surface area contributed by atoms with E-state index >= 15 is 0 Å². The van der Waals surface area contributed by atoms with E-state index in [0.717, 1.165) is 16.7 Å². The van der Waals surface area contributed by atoms with E-state index in [1.54, 1.807) is 7.05 Å². The van der Waals surface area contributed by atoms with Crippen LogP contribution in [0.2, 0.25) is 19.6 Å². The topological polar surface area (TPSA) is 55.8 Å². The van der Waals surface area contributed by atoms with Crippen LogP contribution in [0.4, 0.5) is 10.5 Å². The molecule has 0 radical (unpaired) electrons. The molecule has 40 heavy (non-hydrogen) atoms. The second kappa shape index (κ2) is 11.3. The van der Waals surface area contributed by atoms with Gasteiger partial charge in [-0.2, -0.15) is 0 Å². The summed E-state index contributed by atoms with van der Waals surface area (Å²) in [5.41, 5.74) is 10.5. The summed E-state index contributed by atoms with van der Waals surface area (Å²) in [7, 11) is 0.0576. The van der Waals surface area contributed by atoms with Crippen LogP contribution >= 0.6 is 0 Å². The lowest BCUT2D eigenvalue weighted by atomic mass is 9.98. The van der Waals surface area contributed by atoms with Gasteiger partial charge in [0.1, 0.15) is 20.3 Å². The van der Waals surface area contributed by atoms with Crippen molar-refractivity contribution in [3.8, 4) is 22.6 Å². The Balaban J connectivity index is 1.60. The quantitative estimate of drug-likeness (QED) is 0.187. The Labute approximate surface area is 239 Å². The van der Waals surface area contributed by atoms with E-state index in [1.807, 2.05) is 64.1 Å². The first-order valence-corrected chi connectivity index (χ1v) is 17.2. The van der Waals surface area contributed by atoms with Gasteiger partial charge in [0.2, 0.25) is 0 Å². The van der Waals surface area contributed by atoms with E-state index in [9.17, 15) is 9.59 Å². The molecule has 3 aromatic carbocycles. The molecule has 0 heterocycles. The monoisotopic (exact) mass is 553 g/mol. The van der Waals surface area contributed by atoms with E-state index in [2.05, 4.69) is 55.4 Å². The molecule has 0 unspecified atom stereocenters. The van der Waals surface area contributed by atoms with Crippen molar-refractivity contribution in [3.63, 3.8) is 0 Å². The predicted molar refractivity (Wildman–Crippen MR) is 164 cm³/mol. The number of esters is 1. The average Bonchev–Trinajstić information content (AvgIpc) is 3.19. The number of amides is 1. The van der Waals surface area contributed by atoms with Gasteiger partial charge in [0.25, 0.3) is 0 Å². The molecular weight excluding hydrogens is 514 g/mol. The van der Waals surface area contributed by atoms with Gasteiger partial charge < -0.3 is 9.47 Å². The molecule has 0 bridgehead atoms. The molecule has 6 heteroatoms. The average molecular weight is 554 g/mol. The number of hydrogen-bond donors (Lipinski definition) is 0. The van der Waals surface area contributed by atoms with Crippen LogP contribution in [0.1, 0.15) is 54.5 Å². The van der Waals surface area contributed by atoms with Crippen molar-refractivity contribution in [3.05, 3.63) is 88.5 Å². The van der Waals surface area contributed by atoms with Crippen molar-refractivity contribution < 1.29 is 19.1 Å². The lowest BCUT2D eigenvalue weighted by Crippen LogP contribution is -2.30. The number of ether oxygens (including phenoxy) is 2. The first-order chi connectivity index (χ1) is 18.7. The minimum Gasteiger partial charge on any atom is -0.460 e. The van der Waals surface area contributed by atoms with Gasteiger partial charge in [-0.25, -0.2) is 4.79 Å². The molecule has 1 amide bonds. The number of benzene rings is 3. The summed E-state index contributed by atoms with van der Waals surface area (Å²) >= 11 is 0. The van der Waals surface area contributed by atoms with Crippen molar-refractivity contribution in [1.82, 2.24) is 0 Å². The second-order valence-electron chi connectivity index (χ2n) is 12.4. The van der Waals surface area contributed by atoms with Gasteiger partial charge >= 0.3 is 12.1 Å². The Morgan fingerprint density at radius 3 is 2.08 bits per heavy atom. The Hall–Kier alpha value is -3.82. The maximum absolute atomic E-state index is 13.4. The number of anilines is 1. The van der Waals surface area contributed by atoms with Gasteiger partial charge in [-0.3, -0.25) is 9.69 Å². The maximum Gasteiger partial charge on any atom is 0.414 e. The number of carbonyl (C=O) groups excluding carboxylic acids is 2. The summed E-state index contributed by atoms with van der Waals surface area (Å²) in [6, 6.07) is 20.4. The zero-order valence-electron chi connectivity index (χ0n) is 24.8. The van der Waals surface area contributed by atoms with Crippen LogP contribution in [0, 0.1) is 18.4 Å². The predicted octanol–water partition coefficient (Wildman–Crippen LogP) is 7.49. The number of nitrogens with zero attached hydrogens (tertiary/aromatic N) is 1. The number of rotatable bonds is 5. The highest BCUT2D eigenvalue weighted by Gasteiger charge is 2.30. The van der Waals surface area contributed by atoms with Crippen molar-refractivity contribution in [2.24, 2.45) is 0 Å². The number of fused-ring (bicyclic) bond motifs is 3. The first kappa shape index (κ1) is 29.2. The maximum atomic E-state index is 13.4. The number of hydrogen-bond acceptors (Lipinski definition) is 4. The molecule has 0 fully saturated rings. The molecular formula is C34H39NO4Si. The van der Waals surface area contributed by atoms with Crippen LogP contribution in [0.25, 0.3) is 11.1 Å². The Morgan fingerprint density at radius 2 is 1.52 bits per heavy atom. The normalized spacial score (nSPS) is 12.6. The summed E-state index contributed by atoms with van der Waals surface area (Å²) in [5, 5.41) is 0. The molecule has 3 aromatic rings. The third-order valence-electron chi connectivity index (χ3n) is 6.80. The lowest BCUT2D eigenvalue weighted by molar-refractivity contribution is -0.153. The Morgan fingerprint density at radius 1 is 0.950 bits per heavy atom. The van der Waals surface area contributed by atoms with Gasteiger partial charge in [-0.15, -0.1) is 5.54 Å². The van der Waals surface area contributed by atoms with Crippen molar-refractivity contribution >= 4 is 25.8 Å². The second-order valence-corrected chi connectivity index (χ2v) is 17.2. The minimum atomic E-state index is -1.64. The molecule has 0 spiro atoms. The molecule has 1 aliphatic rings. The van der Waals surface area contributed by atoms with Crippen LogP contribution in [-0.4, -0.2) is 39.4 Å². The first-order valence-electron chi connectivity index (χ1n) is 13.7. The van der Waals surface area contributed by atoms with E-state index in [0.29, 0.717) is 5.69 Å². The molecule has 0 saturated heterocycles. The van der Waals surface area contributed by atoms with Crippen LogP contribution < -0.4 is 4.90 Å². The largest absolute Gasteiger partial charge is 0.460 e. The van der Waals surface area contributed by atoms with Crippen molar-refractivity contribution in [1.29, 1.82) is 0 Å².